The third-order valence-corrected chi connectivity index (χ3v) is 6.60. The third kappa shape index (κ3) is 4.48. The summed E-state index contributed by atoms with van der Waals surface area (Å²) in [4.78, 5) is 17.6. The van der Waals surface area contributed by atoms with Crippen molar-refractivity contribution >= 4 is 45.3 Å². The molecule has 0 atom stereocenters. The Hall–Kier alpha value is -1.96. The first kappa shape index (κ1) is 18.4. The molecule has 1 aliphatic rings. The van der Waals surface area contributed by atoms with Gasteiger partial charge >= 0.3 is 0 Å². The molecule has 1 fully saturated rings. The number of benzene rings is 1. The van der Waals surface area contributed by atoms with E-state index in [0.717, 1.165) is 52.5 Å². The number of hydrogen-bond acceptors (Lipinski definition) is 6. The Bertz CT molecular complexity index is 895. The Labute approximate surface area is 171 Å². The maximum Gasteiger partial charge on any atom is 0.263 e. The second-order valence-electron chi connectivity index (χ2n) is 6.39. The van der Waals surface area contributed by atoms with E-state index in [1.807, 2.05) is 46.7 Å². The summed E-state index contributed by atoms with van der Waals surface area (Å²) in [5.74, 6) is 0.132. The van der Waals surface area contributed by atoms with Crippen LogP contribution in [0.15, 0.2) is 41.8 Å². The molecule has 0 radical (unpaired) electrons. The molecule has 3 aromatic rings. The van der Waals surface area contributed by atoms with Crippen LogP contribution in [0.1, 0.15) is 26.7 Å². The van der Waals surface area contributed by atoms with Gasteiger partial charge < -0.3 is 9.80 Å². The average molecular weight is 419 g/mol. The molecule has 8 heteroatoms. The number of aromatic nitrogens is 2. The fraction of sp³-hybridized carbons (Fsp3) is 0.316. The van der Waals surface area contributed by atoms with Crippen LogP contribution in [0.4, 0.5) is 5.13 Å². The zero-order valence-electron chi connectivity index (χ0n) is 14.7. The molecule has 2 aromatic heterocycles. The molecule has 1 saturated heterocycles. The minimum absolute atomic E-state index is 0.132. The molecule has 0 saturated carbocycles. The fourth-order valence-electron chi connectivity index (χ4n) is 3.09. The lowest BCUT2D eigenvalue weighted by molar-refractivity contribution is 0.0772. The van der Waals surface area contributed by atoms with Crippen LogP contribution in [0.2, 0.25) is 5.02 Å². The van der Waals surface area contributed by atoms with E-state index >= 15 is 0 Å². The summed E-state index contributed by atoms with van der Waals surface area (Å²) in [6, 6.07) is 11.6. The van der Waals surface area contributed by atoms with Gasteiger partial charge in [0.2, 0.25) is 5.13 Å². The number of thiophene rings is 1. The summed E-state index contributed by atoms with van der Waals surface area (Å²) in [6.07, 6.45) is 1.69. The molecule has 27 heavy (non-hydrogen) atoms. The van der Waals surface area contributed by atoms with Crippen molar-refractivity contribution in [3.05, 3.63) is 62.2 Å². The van der Waals surface area contributed by atoms with Crippen molar-refractivity contribution in [1.29, 1.82) is 0 Å². The van der Waals surface area contributed by atoms with Crippen LogP contribution < -0.4 is 4.90 Å². The molecule has 0 spiro atoms. The molecule has 0 N–H and O–H groups in total. The van der Waals surface area contributed by atoms with E-state index < -0.39 is 0 Å². The number of anilines is 1. The van der Waals surface area contributed by atoms with Gasteiger partial charge in [-0.05, 0) is 35.6 Å². The number of hydrogen-bond donors (Lipinski definition) is 0. The molecular weight excluding hydrogens is 400 g/mol. The Balaban J connectivity index is 1.39. The van der Waals surface area contributed by atoms with Crippen molar-refractivity contribution in [3.63, 3.8) is 0 Å². The van der Waals surface area contributed by atoms with E-state index in [4.69, 9.17) is 11.6 Å². The number of halogens is 1. The van der Waals surface area contributed by atoms with Gasteiger partial charge in [0.15, 0.2) is 0 Å². The van der Waals surface area contributed by atoms with Crippen molar-refractivity contribution in [2.45, 2.75) is 12.8 Å². The summed E-state index contributed by atoms with van der Waals surface area (Å²) < 4.78 is 0. The predicted molar refractivity (Wildman–Crippen MR) is 111 cm³/mol. The molecule has 0 unspecified atom stereocenters. The maximum absolute atomic E-state index is 12.6. The van der Waals surface area contributed by atoms with Gasteiger partial charge in [-0.15, -0.1) is 21.5 Å². The highest BCUT2D eigenvalue weighted by Crippen LogP contribution is 2.24. The van der Waals surface area contributed by atoms with Crippen molar-refractivity contribution in [2.75, 3.05) is 31.1 Å². The molecule has 1 aromatic carbocycles. The van der Waals surface area contributed by atoms with Gasteiger partial charge in [0, 0.05) is 37.6 Å². The van der Waals surface area contributed by atoms with Crippen molar-refractivity contribution in [1.82, 2.24) is 15.1 Å². The molecular formula is C19H19ClN4OS2. The Morgan fingerprint density at radius 2 is 1.93 bits per heavy atom. The second kappa shape index (κ2) is 8.37. The second-order valence-corrected chi connectivity index (χ2v) is 8.82. The van der Waals surface area contributed by atoms with E-state index in [2.05, 4.69) is 15.1 Å². The summed E-state index contributed by atoms with van der Waals surface area (Å²) >= 11 is 9.07. The first-order chi connectivity index (χ1) is 13.2. The lowest BCUT2D eigenvalue weighted by atomic mass is 10.2. The van der Waals surface area contributed by atoms with Gasteiger partial charge in [-0.2, -0.15) is 0 Å². The van der Waals surface area contributed by atoms with Gasteiger partial charge in [0.05, 0.1) is 4.88 Å². The first-order valence-corrected chi connectivity index (χ1v) is 10.9. The first-order valence-electron chi connectivity index (χ1n) is 8.83. The van der Waals surface area contributed by atoms with Gasteiger partial charge in [-0.25, -0.2) is 0 Å². The van der Waals surface area contributed by atoms with Crippen molar-refractivity contribution in [2.24, 2.45) is 0 Å². The lowest BCUT2D eigenvalue weighted by Gasteiger charge is -2.20. The standard InChI is InChI=1S/C19H19ClN4OS2/c20-15-6-4-14(5-7-15)13-17-21-22-19(27-17)24-9-2-8-23(10-11-24)18(25)16-3-1-12-26-16/h1,3-7,12H,2,8-11,13H2. The van der Waals surface area contributed by atoms with E-state index in [1.54, 1.807) is 11.3 Å². The van der Waals surface area contributed by atoms with Gasteiger partial charge in [-0.3, -0.25) is 4.79 Å². The van der Waals surface area contributed by atoms with Crippen LogP contribution >= 0.6 is 34.3 Å². The number of carbonyl (C=O) groups excluding carboxylic acids is 1. The number of rotatable bonds is 4. The fourth-order valence-corrected chi connectivity index (χ4v) is 4.83. The predicted octanol–water partition coefficient (Wildman–Crippen LogP) is 4.20. The van der Waals surface area contributed by atoms with Crippen molar-refractivity contribution in [3.8, 4) is 0 Å². The Kier molecular flexibility index (Phi) is 5.71. The Morgan fingerprint density at radius 3 is 2.70 bits per heavy atom. The normalized spacial score (nSPS) is 15.0. The Morgan fingerprint density at radius 1 is 1.07 bits per heavy atom. The summed E-state index contributed by atoms with van der Waals surface area (Å²) in [7, 11) is 0. The largest absolute Gasteiger partial charge is 0.345 e. The summed E-state index contributed by atoms with van der Waals surface area (Å²) in [5.41, 5.74) is 1.17. The number of nitrogens with zero attached hydrogens (tertiary/aromatic N) is 4. The molecule has 140 valence electrons. The monoisotopic (exact) mass is 418 g/mol. The van der Waals surface area contributed by atoms with Crippen LogP contribution in [-0.2, 0) is 6.42 Å². The molecule has 5 nitrogen and oxygen atoms in total. The smallest absolute Gasteiger partial charge is 0.263 e. The summed E-state index contributed by atoms with van der Waals surface area (Å²) in [5, 5.41) is 13.3. The van der Waals surface area contributed by atoms with Crippen LogP contribution in [0, 0.1) is 0 Å². The minimum atomic E-state index is 0.132. The summed E-state index contributed by atoms with van der Waals surface area (Å²) in [6.45, 7) is 3.17. The molecule has 0 aliphatic carbocycles. The molecule has 3 heterocycles. The average Bonchev–Trinajstić information content (AvgIpc) is 3.31. The zero-order chi connectivity index (χ0) is 18.6. The van der Waals surface area contributed by atoms with E-state index in [-0.39, 0.29) is 5.91 Å². The van der Waals surface area contributed by atoms with Gasteiger partial charge in [0.1, 0.15) is 5.01 Å². The zero-order valence-corrected chi connectivity index (χ0v) is 17.1. The van der Waals surface area contributed by atoms with Crippen LogP contribution in [-0.4, -0.2) is 47.2 Å². The molecule has 0 bridgehead atoms. The highest BCUT2D eigenvalue weighted by Gasteiger charge is 2.22. The highest BCUT2D eigenvalue weighted by molar-refractivity contribution is 7.15. The van der Waals surface area contributed by atoms with E-state index in [9.17, 15) is 4.79 Å². The van der Waals surface area contributed by atoms with Crippen LogP contribution in [0.5, 0.6) is 0 Å². The molecule has 4 rings (SSSR count). The van der Waals surface area contributed by atoms with Gasteiger partial charge in [0.25, 0.3) is 5.91 Å². The number of carbonyl (C=O) groups is 1. The van der Waals surface area contributed by atoms with Crippen molar-refractivity contribution < 1.29 is 4.79 Å². The van der Waals surface area contributed by atoms with Crippen LogP contribution in [0.3, 0.4) is 0 Å². The minimum Gasteiger partial charge on any atom is -0.345 e. The quantitative estimate of drug-likeness (QED) is 0.637. The maximum atomic E-state index is 12.6. The topological polar surface area (TPSA) is 49.3 Å². The SMILES string of the molecule is O=C(c1cccs1)N1CCCN(c2nnc(Cc3ccc(Cl)cc3)s2)CC1. The highest BCUT2D eigenvalue weighted by atomic mass is 35.5. The molecule has 1 aliphatic heterocycles. The van der Waals surface area contributed by atoms with Crippen LogP contribution in [0.25, 0.3) is 0 Å². The van der Waals surface area contributed by atoms with Gasteiger partial charge in [-0.1, -0.05) is 41.1 Å². The third-order valence-electron chi connectivity index (χ3n) is 4.51. The molecule has 1 amide bonds. The lowest BCUT2D eigenvalue weighted by Crippen LogP contribution is -2.34. The van der Waals surface area contributed by atoms with E-state index in [0.29, 0.717) is 6.54 Å². The van der Waals surface area contributed by atoms with E-state index in [1.165, 1.54) is 16.9 Å². The number of amides is 1.